The van der Waals surface area contributed by atoms with Crippen LogP contribution in [0.5, 0.6) is 0 Å². The lowest BCUT2D eigenvalue weighted by atomic mass is 10.4. The number of hydrogen-bond acceptors (Lipinski definition) is 7. The molecular formula is C14H16N2O5S3. The van der Waals surface area contributed by atoms with E-state index in [1.165, 1.54) is 23.6 Å². The highest BCUT2D eigenvalue weighted by Gasteiger charge is 2.25. The van der Waals surface area contributed by atoms with E-state index in [4.69, 9.17) is 4.74 Å². The Bertz CT molecular complexity index is 901. The Hall–Kier alpha value is -1.30. The molecule has 0 atom stereocenters. The number of sulfone groups is 1. The Morgan fingerprint density at radius 3 is 2.33 bits per heavy atom. The fourth-order valence-corrected chi connectivity index (χ4v) is 6.20. The lowest BCUT2D eigenvalue weighted by Crippen LogP contribution is -2.48. The van der Waals surface area contributed by atoms with Crippen molar-refractivity contribution in [2.45, 2.75) is 14.0 Å². The molecule has 1 aliphatic rings. The molecule has 0 aliphatic carbocycles. The number of hydrogen-bond donors (Lipinski definition) is 1. The highest BCUT2D eigenvalue weighted by Crippen LogP contribution is 2.28. The number of thiophene rings is 1. The van der Waals surface area contributed by atoms with Gasteiger partial charge in [0.2, 0.25) is 9.84 Å². The maximum atomic E-state index is 12.5. The molecule has 3 rings (SSSR count). The van der Waals surface area contributed by atoms with Gasteiger partial charge in [-0.05, 0) is 18.2 Å². The van der Waals surface area contributed by atoms with Crippen molar-refractivity contribution in [3.05, 3.63) is 41.8 Å². The first kappa shape index (κ1) is 17.5. The van der Waals surface area contributed by atoms with Crippen LogP contribution < -0.4 is 4.83 Å². The lowest BCUT2D eigenvalue weighted by Gasteiger charge is -2.26. The maximum absolute atomic E-state index is 12.5. The SMILES string of the molecule is O=S(=O)(NN1CCOCC1)c1cc(S(=O)(=O)c2ccccc2)cs1. The molecule has 1 aliphatic heterocycles. The predicted octanol–water partition coefficient (Wildman–Crippen LogP) is 1.11. The summed E-state index contributed by atoms with van der Waals surface area (Å²) in [6, 6.07) is 9.11. The Morgan fingerprint density at radius 1 is 1.00 bits per heavy atom. The van der Waals surface area contributed by atoms with Gasteiger partial charge in [0.1, 0.15) is 4.21 Å². The van der Waals surface area contributed by atoms with Crippen LogP contribution in [0.1, 0.15) is 0 Å². The normalized spacial score (nSPS) is 17.0. The largest absolute Gasteiger partial charge is 0.379 e. The van der Waals surface area contributed by atoms with Crippen LogP contribution in [-0.4, -0.2) is 48.1 Å². The molecule has 1 aromatic heterocycles. The number of nitrogens with one attached hydrogen (secondary N) is 1. The zero-order valence-electron chi connectivity index (χ0n) is 12.6. The van der Waals surface area contributed by atoms with Gasteiger partial charge in [-0.25, -0.2) is 21.8 Å². The van der Waals surface area contributed by atoms with Gasteiger partial charge in [-0.2, -0.15) is 0 Å². The van der Waals surface area contributed by atoms with Gasteiger partial charge in [0.25, 0.3) is 10.0 Å². The molecule has 7 nitrogen and oxygen atoms in total. The summed E-state index contributed by atoms with van der Waals surface area (Å²) in [5.74, 6) is 0. The third-order valence-corrected chi connectivity index (χ3v) is 8.15. The smallest absolute Gasteiger partial charge is 0.262 e. The molecule has 2 aromatic rings. The van der Waals surface area contributed by atoms with Crippen molar-refractivity contribution in [1.29, 1.82) is 0 Å². The lowest BCUT2D eigenvalue weighted by molar-refractivity contribution is 0.0272. The van der Waals surface area contributed by atoms with Crippen LogP contribution in [0.2, 0.25) is 0 Å². The third kappa shape index (κ3) is 3.68. The maximum Gasteiger partial charge on any atom is 0.262 e. The van der Waals surface area contributed by atoms with Crippen LogP contribution in [0.4, 0.5) is 0 Å². The number of benzene rings is 1. The average Bonchev–Trinajstić information content (AvgIpc) is 3.08. The van der Waals surface area contributed by atoms with E-state index in [1.807, 2.05) is 0 Å². The third-order valence-electron chi connectivity index (χ3n) is 3.44. The molecule has 1 aromatic carbocycles. The Kier molecular flexibility index (Phi) is 5.04. The van der Waals surface area contributed by atoms with Crippen molar-refractivity contribution >= 4 is 31.2 Å². The summed E-state index contributed by atoms with van der Waals surface area (Å²) < 4.78 is 55.0. The van der Waals surface area contributed by atoms with Crippen molar-refractivity contribution in [2.24, 2.45) is 0 Å². The van der Waals surface area contributed by atoms with Crippen molar-refractivity contribution in [2.75, 3.05) is 26.3 Å². The first-order chi connectivity index (χ1) is 11.4. The summed E-state index contributed by atoms with van der Waals surface area (Å²) in [4.78, 5) is 2.56. The topological polar surface area (TPSA) is 92.8 Å². The van der Waals surface area contributed by atoms with Crippen molar-refractivity contribution in [3.63, 3.8) is 0 Å². The van der Waals surface area contributed by atoms with E-state index in [0.29, 0.717) is 26.3 Å². The molecule has 1 N–H and O–H groups in total. The van der Waals surface area contributed by atoms with Gasteiger partial charge >= 0.3 is 0 Å². The van der Waals surface area contributed by atoms with Crippen molar-refractivity contribution < 1.29 is 21.6 Å². The Morgan fingerprint density at radius 2 is 1.67 bits per heavy atom. The van der Waals surface area contributed by atoms with Crippen LogP contribution in [0.3, 0.4) is 0 Å². The molecule has 0 saturated carbocycles. The van der Waals surface area contributed by atoms with Crippen LogP contribution in [-0.2, 0) is 24.6 Å². The highest BCUT2D eigenvalue weighted by atomic mass is 32.2. The van der Waals surface area contributed by atoms with Gasteiger partial charge < -0.3 is 4.74 Å². The van der Waals surface area contributed by atoms with E-state index in [0.717, 1.165) is 11.3 Å². The van der Waals surface area contributed by atoms with Gasteiger partial charge in [-0.15, -0.1) is 16.2 Å². The Balaban J connectivity index is 1.85. The zero-order chi connectivity index (χ0) is 17.2. The minimum atomic E-state index is -3.81. The zero-order valence-corrected chi connectivity index (χ0v) is 15.0. The minimum Gasteiger partial charge on any atom is -0.379 e. The molecule has 130 valence electrons. The number of morpholine rings is 1. The second kappa shape index (κ2) is 6.90. The van der Waals surface area contributed by atoms with Crippen LogP contribution in [0, 0.1) is 0 Å². The first-order valence-electron chi connectivity index (χ1n) is 7.13. The fourth-order valence-electron chi connectivity index (χ4n) is 2.19. The summed E-state index contributed by atoms with van der Waals surface area (Å²) in [7, 11) is -7.53. The van der Waals surface area contributed by atoms with E-state index in [-0.39, 0.29) is 14.0 Å². The first-order valence-corrected chi connectivity index (χ1v) is 11.0. The molecule has 0 amide bonds. The number of ether oxygens (including phenoxy) is 1. The van der Waals surface area contributed by atoms with E-state index in [9.17, 15) is 16.8 Å². The predicted molar refractivity (Wildman–Crippen MR) is 88.9 cm³/mol. The van der Waals surface area contributed by atoms with E-state index < -0.39 is 19.9 Å². The molecule has 0 unspecified atom stereocenters. The summed E-state index contributed by atoms with van der Waals surface area (Å²) in [5, 5.41) is 2.89. The number of nitrogens with zero attached hydrogens (tertiary/aromatic N) is 1. The number of rotatable bonds is 5. The molecule has 2 heterocycles. The summed E-state index contributed by atoms with van der Waals surface area (Å²) in [5.41, 5.74) is 0. The van der Waals surface area contributed by atoms with Gasteiger partial charge in [0.15, 0.2) is 0 Å². The fraction of sp³-hybridized carbons (Fsp3) is 0.286. The van der Waals surface area contributed by atoms with Gasteiger partial charge in [0.05, 0.1) is 23.0 Å². The molecule has 24 heavy (non-hydrogen) atoms. The second-order valence-corrected chi connectivity index (χ2v) is 9.86. The second-order valence-electron chi connectivity index (χ2n) is 5.11. The summed E-state index contributed by atoms with van der Waals surface area (Å²) in [6.07, 6.45) is 0. The minimum absolute atomic E-state index is 0.0268. The van der Waals surface area contributed by atoms with Crippen molar-refractivity contribution in [1.82, 2.24) is 9.84 Å². The highest BCUT2D eigenvalue weighted by molar-refractivity contribution is 7.92. The molecule has 0 radical (unpaired) electrons. The van der Waals surface area contributed by atoms with E-state index >= 15 is 0 Å². The van der Waals surface area contributed by atoms with Crippen LogP contribution in [0.25, 0.3) is 0 Å². The Labute approximate surface area is 144 Å². The average molecular weight is 388 g/mol. The standard InChI is InChI=1S/C14H16N2O5S3/c17-23(18,12-4-2-1-3-5-12)13-10-14(22-11-13)24(19,20)15-16-6-8-21-9-7-16/h1-5,10-11,15H,6-9H2. The van der Waals surface area contributed by atoms with Gasteiger partial charge in [-0.3, -0.25) is 0 Å². The van der Waals surface area contributed by atoms with Crippen LogP contribution in [0.15, 0.2) is 55.8 Å². The van der Waals surface area contributed by atoms with Gasteiger partial charge in [-0.1, -0.05) is 18.2 Å². The van der Waals surface area contributed by atoms with E-state index in [2.05, 4.69) is 4.83 Å². The van der Waals surface area contributed by atoms with E-state index in [1.54, 1.807) is 23.2 Å². The van der Waals surface area contributed by atoms with Crippen LogP contribution >= 0.6 is 11.3 Å². The molecule has 10 heteroatoms. The van der Waals surface area contributed by atoms with Gasteiger partial charge in [0, 0.05) is 18.5 Å². The number of sulfonamides is 1. The molecule has 1 saturated heterocycles. The molecular weight excluding hydrogens is 372 g/mol. The molecule has 0 bridgehead atoms. The number of hydrazine groups is 1. The van der Waals surface area contributed by atoms with Crippen molar-refractivity contribution in [3.8, 4) is 0 Å². The quantitative estimate of drug-likeness (QED) is 0.825. The molecule has 0 spiro atoms. The summed E-state index contributed by atoms with van der Waals surface area (Å²) in [6.45, 7) is 1.78. The molecule has 1 fully saturated rings. The summed E-state index contributed by atoms with van der Waals surface area (Å²) >= 11 is 0.879. The monoisotopic (exact) mass is 388 g/mol.